The number of phenolic OH excluding ortho intramolecular Hbond substituents is 1. The summed E-state index contributed by atoms with van der Waals surface area (Å²) in [6.07, 6.45) is 1.82. The van der Waals surface area contributed by atoms with Crippen molar-refractivity contribution in [3.8, 4) is 5.75 Å². The lowest BCUT2D eigenvalue weighted by atomic mass is 9.77. The summed E-state index contributed by atoms with van der Waals surface area (Å²) in [5, 5.41) is 17.0. The second-order valence-electron chi connectivity index (χ2n) is 8.22. The van der Waals surface area contributed by atoms with Crippen LogP contribution in [-0.4, -0.2) is 24.9 Å². The van der Waals surface area contributed by atoms with E-state index in [1.165, 1.54) is 12.1 Å². The van der Waals surface area contributed by atoms with Crippen LogP contribution in [0, 0.1) is 11.7 Å². The molecule has 1 heterocycles. The molecule has 5 heteroatoms. The van der Waals surface area contributed by atoms with Crippen LogP contribution in [-0.2, 0) is 6.42 Å². The molecule has 1 aliphatic carbocycles. The smallest absolute Gasteiger partial charge is 0.123 e. The predicted molar refractivity (Wildman–Crippen MR) is 119 cm³/mol. The van der Waals surface area contributed by atoms with Crippen molar-refractivity contribution < 1.29 is 9.50 Å². The Labute approximate surface area is 175 Å². The molecule has 2 aliphatic rings. The Morgan fingerprint density at radius 1 is 1.00 bits per heavy atom. The van der Waals surface area contributed by atoms with E-state index in [2.05, 4.69) is 34.2 Å². The van der Waals surface area contributed by atoms with Gasteiger partial charge in [0, 0.05) is 31.3 Å². The van der Waals surface area contributed by atoms with Crippen molar-refractivity contribution in [3.63, 3.8) is 0 Å². The van der Waals surface area contributed by atoms with Gasteiger partial charge in [-0.1, -0.05) is 12.1 Å². The molecule has 4 nitrogen and oxygen atoms in total. The van der Waals surface area contributed by atoms with Crippen LogP contribution in [0.1, 0.15) is 29.2 Å². The number of hydrogen-bond donors (Lipinski definition) is 1. The van der Waals surface area contributed by atoms with Crippen LogP contribution in [0.15, 0.2) is 71.8 Å². The zero-order chi connectivity index (χ0) is 20.8. The number of halogens is 1. The van der Waals surface area contributed by atoms with Crippen molar-refractivity contribution in [2.75, 3.05) is 24.0 Å². The number of phenols is 1. The molecule has 0 radical (unpaired) electrons. The van der Waals surface area contributed by atoms with E-state index in [4.69, 9.17) is 5.10 Å². The summed E-state index contributed by atoms with van der Waals surface area (Å²) in [6.45, 7) is 0. The summed E-state index contributed by atoms with van der Waals surface area (Å²) < 4.78 is 13.6. The van der Waals surface area contributed by atoms with Gasteiger partial charge in [0.1, 0.15) is 11.6 Å². The van der Waals surface area contributed by atoms with E-state index in [1.807, 2.05) is 38.4 Å². The number of nitrogens with zero attached hydrogens (tertiary/aromatic N) is 3. The number of hydrazone groups is 1. The summed E-state index contributed by atoms with van der Waals surface area (Å²) in [4.78, 5) is 2.07. The van der Waals surface area contributed by atoms with E-state index in [0.29, 0.717) is 0 Å². The van der Waals surface area contributed by atoms with Gasteiger partial charge in [-0.25, -0.2) is 4.39 Å². The third-order valence-corrected chi connectivity index (χ3v) is 6.14. The Balaban J connectivity index is 1.61. The normalized spacial score (nSPS) is 19.8. The monoisotopic (exact) mass is 401 g/mol. The van der Waals surface area contributed by atoms with Crippen molar-refractivity contribution >= 4 is 17.1 Å². The lowest BCUT2D eigenvalue weighted by Gasteiger charge is -2.31. The van der Waals surface area contributed by atoms with Gasteiger partial charge in [0.15, 0.2) is 0 Å². The molecule has 0 bridgehead atoms. The number of anilines is 2. The van der Waals surface area contributed by atoms with Gasteiger partial charge in [-0.2, -0.15) is 5.10 Å². The Morgan fingerprint density at radius 2 is 1.73 bits per heavy atom. The first-order chi connectivity index (χ1) is 14.5. The fourth-order valence-corrected chi connectivity index (χ4v) is 4.62. The number of aryl methyl sites for hydroxylation is 1. The van der Waals surface area contributed by atoms with Crippen LogP contribution in [0.2, 0.25) is 0 Å². The number of aromatic hydroxyl groups is 1. The van der Waals surface area contributed by atoms with Crippen LogP contribution in [0.4, 0.5) is 15.8 Å². The highest BCUT2D eigenvalue weighted by atomic mass is 19.1. The molecule has 3 aromatic carbocycles. The topological polar surface area (TPSA) is 39.1 Å². The Morgan fingerprint density at radius 3 is 2.43 bits per heavy atom. The maximum Gasteiger partial charge on any atom is 0.123 e. The molecule has 5 rings (SSSR count). The van der Waals surface area contributed by atoms with Gasteiger partial charge >= 0.3 is 0 Å². The Hall–Kier alpha value is -3.34. The van der Waals surface area contributed by atoms with Crippen molar-refractivity contribution in [2.45, 2.75) is 18.9 Å². The summed E-state index contributed by atoms with van der Waals surface area (Å²) in [5.41, 5.74) is 6.47. The number of hydrogen-bond acceptors (Lipinski definition) is 4. The lowest BCUT2D eigenvalue weighted by Crippen LogP contribution is -2.28. The molecular weight excluding hydrogens is 377 g/mol. The highest BCUT2D eigenvalue weighted by Gasteiger charge is 2.42. The van der Waals surface area contributed by atoms with E-state index in [0.717, 1.165) is 46.6 Å². The number of benzene rings is 3. The largest absolute Gasteiger partial charge is 0.508 e. The third kappa shape index (κ3) is 3.11. The molecule has 3 aromatic rings. The van der Waals surface area contributed by atoms with E-state index in [9.17, 15) is 9.50 Å². The van der Waals surface area contributed by atoms with Crippen LogP contribution >= 0.6 is 0 Å². The average Bonchev–Trinajstić information content (AvgIpc) is 3.14. The molecule has 30 heavy (non-hydrogen) atoms. The molecule has 1 aliphatic heterocycles. The molecule has 0 saturated heterocycles. The minimum absolute atomic E-state index is 0.00718. The van der Waals surface area contributed by atoms with Gasteiger partial charge in [-0.3, -0.25) is 5.01 Å². The molecule has 0 saturated carbocycles. The highest BCUT2D eigenvalue weighted by Crippen LogP contribution is 2.45. The van der Waals surface area contributed by atoms with Crippen molar-refractivity contribution in [2.24, 2.45) is 11.0 Å². The fraction of sp³-hybridized carbons (Fsp3) is 0.240. The first-order valence-corrected chi connectivity index (χ1v) is 10.2. The first kappa shape index (κ1) is 18.7. The minimum atomic E-state index is -0.232. The predicted octanol–water partition coefficient (Wildman–Crippen LogP) is 5.13. The molecule has 0 fully saturated rings. The van der Waals surface area contributed by atoms with E-state index < -0.39 is 0 Å². The summed E-state index contributed by atoms with van der Waals surface area (Å²) in [6, 6.07) is 20.7. The summed E-state index contributed by atoms with van der Waals surface area (Å²) in [5.74, 6) is 0.266. The van der Waals surface area contributed by atoms with Crippen LogP contribution < -0.4 is 9.91 Å². The number of rotatable bonds is 3. The molecule has 0 amide bonds. The SMILES string of the molecule is CN(C)c1ccc(N2N=C3c4ccc(O)cc4CC[C@@H]3[C@@H]2c2ccc(F)cc2)cc1. The van der Waals surface area contributed by atoms with Gasteiger partial charge in [0.05, 0.1) is 17.4 Å². The Kier molecular flexibility index (Phi) is 4.46. The second kappa shape index (κ2) is 7.17. The van der Waals surface area contributed by atoms with Gasteiger partial charge in [-0.15, -0.1) is 0 Å². The average molecular weight is 401 g/mol. The minimum Gasteiger partial charge on any atom is -0.508 e. The third-order valence-electron chi connectivity index (χ3n) is 6.14. The highest BCUT2D eigenvalue weighted by molar-refractivity contribution is 6.07. The van der Waals surface area contributed by atoms with E-state index in [1.54, 1.807) is 6.07 Å². The molecule has 0 aromatic heterocycles. The van der Waals surface area contributed by atoms with Crippen molar-refractivity contribution in [1.29, 1.82) is 0 Å². The standard InChI is InChI=1S/C25H24FN3O/c1-28(2)19-8-10-20(11-9-19)29-25(16-3-6-18(26)7-4-16)23-13-5-17-15-21(30)12-14-22(17)24(23)27-29/h3-4,6-12,14-15,23,25,30H,5,13H2,1-2H3/t23-,25-/m0/s1. The first-order valence-electron chi connectivity index (χ1n) is 10.2. The van der Waals surface area contributed by atoms with E-state index in [-0.39, 0.29) is 23.5 Å². The summed E-state index contributed by atoms with van der Waals surface area (Å²) in [7, 11) is 4.04. The van der Waals surface area contributed by atoms with Crippen LogP contribution in [0.5, 0.6) is 5.75 Å². The molecule has 2 atom stereocenters. The Bertz CT molecular complexity index is 1110. The van der Waals surface area contributed by atoms with Crippen molar-refractivity contribution in [3.05, 3.63) is 89.2 Å². The molecule has 0 unspecified atom stereocenters. The molecule has 0 spiro atoms. The molecular formula is C25H24FN3O. The fourth-order valence-electron chi connectivity index (χ4n) is 4.62. The summed E-state index contributed by atoms with van der Waals surface area (Å²) >= 11 is 0. The van der Waals surface area contributed by atoms with Crippen LogP contribution in [0.25, 0.3) is 0 Å². The van der Waals surface area contributed by atoms with Gasteiger partial charge < -0.3 is 10.0 Å². The quantitative estimate of drug-likeness (QED) is 0.662. The maximum absolute atomic E-state index is 13.6. The van der Waals surface area contributed by atoms with Gasteiger partial charge in [0.2, 0.25) is 0 Å². The second-order valence-corrected chi connectivity index (χ2v) is 8.22. The maximum atomic E-state index is 13.6. The van der Waals surface area contributed by atoms with Crippen LogP contribution in [0.3, 0.4) is 0 Å². The van der Waals surface area contributed by atoms with Gasteiger partial charge in [0.25, 0.3) is 0 Å². The number of fused-ring (bicyclic) bond motifs is 3. The molecule has 1 N–H and O–H groups in total. The zero-order valence-electron chi connectivity index (χ0n) is 17.1. The van der Waals surface area contributed by atoms with E-state index >= 15 is 0 Å². The lowest BCUT2D eigenvalue weighted by molar-refractivity contribution is 0.472. The molecule has 152 valence electrons. The van der Waals surface area contributed by atoms with Crippen molar-refractivity contribution in [1.82, 2.24) is 0 Å². The zero-order valence-corrected chi connectivity index (χ0v) is 17.1. The van der Waals surface area contributed by atoms with Gasteiger partial charge in [-0.05, 0) is 78.6 Å².